The van der Waals surface area contributed by atoms with Gasteiger partial charge in [-0.2, -0.15) is 0 Å². The van der Waals surface area contributed by atoms with Crippen LogP contribution in [0.2, 0.25) is 5.02 Å². The first kappa shape index (κ1) is 19.9. The topological polar surface area (TPSA) is 74.1 Å². The van der Waals surface area contributed by atoms with Crippen molar-refractivity contribution >= 4 is 17.5 Å². The second kappa shape index (κ2) is 9.94. The number of benzene rings is 2. The molecule has 0 aliphatic rings. The molecule has 0 bridgehead atoms. The Bertz CT molecular complexity index is 900. The fraction of sp³-hybridized carbons (Fsp3) is 0.350. The number of nitrogens with zero attached hydrogens (tertiary/aromatic N) is 4. The summed E-state index contributed by atoms with van der Waals surface area (Å²) in [6.45, 7) is 6.37. The first-order chi connectivity index (χ1) is 13.7. The fourth-order valence-electron chi connectivity index (χ4n) is 2.71. The summed E-state index contributed by atoms with van der Waals surface area (Å²) in [4.78, 5) is 0. The Balaban J connectivity index is 1.67. The van der Waals surface area contributed by atoms with Crippen LogP contribution in [-0.4, -0.2) is 26.8 Å². The molecule has 0 aliphatic heterocycles. The van der Waals surface area contributed by atoms with Crippen molar-refractivity contribution in [3.05, 3.63) is 58.6 Å². The molecule has 1 heterocycles. The number of halogens is 1. The molecule has 28 heavy (non-hydrogen) atoms. The van der Waals surface area contributed by atoms with Gasteiger partial charge in [0.1, 0.15) is 6.61 Å². The predicted molar refractivity (Wildman–Crippen MR) is 109 cm³/mol. The minimum atomic E-state index is 0.421. The van der Waals surface area contributed by atoms with Crippen molar-refractivity contribution in [3.8, 4) is 11.5 Å². The highest BCUT2D eigenvalue weighted by Gasteiger charge is 2.09. The molecular formula is C20H24ClN5O2. The highest BCUT2D eigenvalue weighted by atomic mass is 35.5. The number of hydrogen-bond donors (Lipinski definition) is 1. The molecule has 3 rings (SSSR count). The molecule has 3 aromatic rings. The fourth-order valence-corrected chi connectivity index (χ4v) is 2.93. The van der Waals surface area contributed by atoms with Crippen molar-refractivity contribution < 1.29 is 9.47 Å². The Morgan fingerprint density at radius 1 is 1.04 bits per heavy atom. The van der Waals surface area contributed by atoms with Gasteiger partial charge >= 0.3 is 0 Å². The van der Waals surface area contributed by atoms with Crippen molar-refractivity contribution in [3.63, 3.8) is 0 Å². The van der Waals surface area contributed by atoms with Crippen LogP contribution in [-0.2, 0) is 19.7 Å². The zero-order valence-electron chi connectivity index (χ0n) is 16.1. The lowest BCUT2D eigenvalue weighted by Gasteiger charge is -2.14. The number of nitrogens with one attached hydrogen (secondary N) is 1. The molecule has 0 radical (unpaired) electrons. The lowest BCUT2D eigenvalue weighted by atomic mass is 10.2. The molecule has 8 heteroatoms. The molecule has 0 aliphatic carbocycles. The van der Waals surface area contributed by atoms with Crippen LogP contribution >= 0.6 is 11.6 Å². The molecule has 2 aromatic carbocycles. The van der Waals surface area contributed by atoms with Gasteiger partial charge in [0.2, 0.25) is 5.95 Å². The maximum atomic E-state index is 6.03. The van der Waals surface area contributed by atoms with Crippen LogP contribution in [0.15, 0.2) is 42.5 Å². The van der Waals surface area contributed by atoms with Gasteiger partial charge in [0.05, 0.1) is 6.61 Å². The molecule has 148 valence electrons. The van der Waals surface area contributed by atoms with Gasteiger partial charge < -0.3 is 14.8 Å². The van der Waals surface area contributed by atoms with E-state index in [0.717, 1.165) is 24.1 Å². The van der Waals surface area contributed by atoms with E-state index >= 15 is 0 Å². The SMILES string of the molecule is CCCn1nnnc1NCc1ccc(OCc2cccc(Cl)c2)c(OCC)c1. The summed E-state index contributed by atoms with van der Waals surface area (Å²) in [5.74, 6) is 2.06. The number of ether oxygens (including phenoxy) is 2. The Hall–Kier alpha value is -2.80. The Labute approximate surface area is 169 Å². The number of aryl methyl sites for hydroxylation is 1. The zero-order chi connectivity index (χ0) is 19.8. The first-order valence-corrected chi connectivity index (χ1v) is 9.70. The maximum absolute atomic E-state index is 6.03. The summed E-state index contributed by atoms with van der Waals surface area (Å²) >= 11 is 6.03. The minimum absolute atomic E-state index is 0.421. The van der Waals surface area contributed by atoms with Gasteiger partial charge in [-0.05, 0) is 59.2 Å². The third-order valence-electron chi connectivity index (χ3n) is 4.01. The van der Waals surface area contributed by atoms with E-state index in [1.807, 2.05) is 49.4 Å². The van der Waals surface area contributed by atoms with Gasteiger partial charge in [-0.3, -0.25) is 0 Å². The minimum Gasteiger partial charge on any atom is -0.490 e. The first-order valence-electron chi connectivity index (χ1n) is 9.32. The molecule has 0 saturated heterocycles. The van der Waals surface area contributed by atoms with Crippen LogP contribution in [0.25, 0.3) is 0 Å². The van der Waals surface area contributed by atoms with Gasteiger partial charge in [0.15, 0.2) is 11.5 Å². The number of rotatable bonds is 10. The monoisotopic (exact) mass is 401 g/mol. The lowest BCUT2D eigenvalue weighted by Crippen LogP contribution is -2.09. The Kier molecular flexibility index (Phi) is 7.08. The maximum Gasteiger partial charge on any atom is 0.243 e. The summed E-state index contributed by atoms with van der Waals surface area (Å²) in [5.41, 5.74) is 2.05. The van der Waals surface area contributed by atoms with Crippen LogP contribution in [0.4, 0.5) is 5.95 Å². The van der Waals surface area contributed by atoms with Crippen molar-refractivity contribution in [1.82, 2.24) is 20.2 Å². The molecule has 0 atom stereocenters. The quantitative estimate of drug-likeness (QED) is 0.545. The van der Waals surface area contributed by atoms with Crippen molar-refractivity contribution in [1.29, 1.82) is 0 Å². The van der Waals surface area contributed by atoms with E-state index in [9.17, 15) is 0 Å². The molecule has 0 spiro atoms. The van der Waals surface area contributed by atoms with Gasteiger partial charge in [0.25, 0.3) is 0 Å². The normalized spacial score (nSPS) is 10.7. The van der Waals surface area contributed by atoms with Crippen molar-refractivity contribution in [2.75, 3.05) is 11.9 Å². The summed E-state index contributed by atoms with van der Waals surface area (Å²) in [6, 6.07) is 13.5. The standard InChI is InChI=1S/C20H24ClN5O2/c1-3-10-26-20(23-24-25-26)22-13-15-8-9-18(19(12-15)27-4-2)28-14-16-6-5-7-17(21)11-16/h5-9,11-12H,3-4,10,13-14H2,1-2H3,(H,22,23,25). The van der Waals surface area contributed by atoms with E-state index in [4.69, 9.17) is 21.1 Å². The molecule has 1 N–H and O–H groups in total. The van der Waals surface area contributed by atoms with E-state index in [0.29, 0.717) is 42.2 Å². The van der Waals surface area contributed by atoms with Crippen LogP contribution in [0.1, 0.15) is 31.4 Å². The van der Waals surface area contributed by atoms with E-state index in [-0.39, 0.29) is 0 Å². The van der Waals surface area contributed by atoms with E-state index in [1.165, 1.54) is 0 Å². The largest absolute Gasteiger partial charge is 0.490 e. The van der Waals surface area contributed by atoms with Crippen molar-refractivity contribution in [2.24, 2.45) is 0 Å². The molecule has 0 fully saturated rings. The lowest BCUT2D eigenvalue weighted by molar-refractivity contribution is 0.269. The van der Waals surface area contributed by atoms with Crippen LogP contribution in [0, 0.1) is 0 Å². The Morgan fingerprint density at radius 2 is 1.93 bits per heavy atom. The molecule has 7 nitrogen and oxygen atoms in total. The third-order valence-corrected chi connectivity index (χ3v) is 4.24. The summed E-state index contributed by atoms with van der Waals surface area (Å²) in [6.07, 6.45) is 0.965. The van der Waals surface area contributed by atoms with Gasteiger partial charge in [-0.25, -0.2) is 4.68 Å². The molecule has 0 unspecified atom stereocenters. The molecule has 1 aromatic heterocycles. The smallest absolute Gasteiger partial charge is 0.243 e. The van der Waals surface area contributed by atoms with Crippen LogP contribution in [0.3, 0.4) is 0 Å². The van der Waals surface area contributed by atoms with Gasteiger partial charge in [-0.15, -0.1) is 0 Å². The van der Waals surface area contributed by atoms with Gasteiger partial charge in [0, 0.05) is 18.1 Å². The summed E-state index contributed by atoms with van der Waals surface area (Å²) < 4.78 is 13.5. The highest BCUT2D eigenvalue weighted by molar-refractivity contribution is 6.30. The summed E-state index contributed by atoms with van der Waals surface area (Å²) in [7, 11) is 0. The van der Waals surface area contributed by atoms with Crippen LogP contribution in [0.5, 0.6) is 11.5 Å². The van der Waals surface area contributed by atoms with E-state index < -0.39 is 0 Å². The van der Waals surface area contributed by atoms with Crippen LogP contribution < -0.4 is 14.8 Å². The average Bonchev–Trinajstić information content (AvgIpc) is 3.13. The van der Waals surface area contributed by atoms with E-state index in [2.05, 4.69) is 27.8 Å². The predicted octanol–water partition coefficient (Wildman–Crippen LogP) is 4.33. The highest BCUT2D eigenvalue weighted by Crippen LogP contribution is 2.29. The molecule has 0 saturated carbocycles. The van der Waals surface area contributed by atoms with Gasteiger partial charge in [-0.1, -0.05) is 41.8 Å². The third kappa shape index (κ3) is 5.36. The molecule has 0 amide bonds. The second-order valence-electron chi connectivity index (χ2n) is 6.21. The number of anilines is 1. The number of tetrazole rings is 1. The van der Waals surface area contributed by atoms with Crippen molar-refractivity contribution in [2.45, 2.75) is 40.0 Å². The second-order valence-corrected chi connectivity index (χ2v) is 6.65. The number of hydrogen-bond acceptors (Lipinski definition) is 6. The Morgan fingerprint density at radius 3 is 2.71 bits per heavy atom. The number of aromatic nitrogens is 4. The summed E-state index contributed by atoms with van der Waals surface area (Å²) in [5, 5.41) is 15.7. The van der Waals surface area contributed by atoms with E-state index in [1.54, 1.807) is 4.68 Å². The zero-order valence-corrected chi connectivity index (χ0v) is 16.8. The molecular weight excluding hydrogens is 378 g/mol. The average molecular weight is 402 g/mol.